The highest BCUT2D eigenvalue weighted by molar-refractivity contribution is 9.10. The number of nitrogens with one attached hydrogen (secondary N) is 1. The van der Waals surface area contributed by atoms with E-state index in [1.165, 1.54) is 4.90 Å². The first-order valence-electron chi connectivity index (χ1n) is 9.72. The molecule has 3 amide bonds. The Bertz CT molecular complexity index is 992. The Hall–Kier alpha value is -2.71. The van der Waals surface area contributed by atoms with Crippen molar-refractivity contribution in [3.8, 4) is 0 Å². The van der Waals surface area contributed by atoms with Gasteiger partial charge in [-0.3, -0.25) is 24.1 Å². The highest BCUT2D eigenvalue weighted by Crippen LogP contribution is 2.25. The highest BCUT2D eigenvalue weighted by Gasteiger charge is 2.34. The summed E-state index contributed by atoms with van der Waals surface area (Å²) in [5, 5.41) is 3.05. The van der Waals surface area contributed by atoms with Gasteiger partial charge >= 0.3 is 5.97 Å². The van der Waals surface area contributed by atoms with Gasteiger partial charge in [0.25, 0.3) is 17.7 Å². The third kappa shape index (κ3) is 5.92. The summed E-state index contributed by atoms with van der Waals surface area (Å²) < 4.78 is 5.68. The molecule has 2 aromatic rings. The number of nitrogens with zero attached hydrogens (tertiary/aromatic N) is 1. The number of hydrogen-bond donors (Lipinski definition) is 1. The molecular formula is C22H20BrClN2O5. The van der Waals surface area contributed by atoms with Crippen molar-refractivity contribution in [1.82, 2.24) is 4.90 Å². The molecule has 0 saturated heterocycles. The largest absolute Gasteiger partial charge is 0.456 e. The SMILES string of the molecule is O=C(COC(=O)CCCCCN1C(=O)c2ccccc2C1=O)Nc1ccc(Br)c(Cl)c1. The van der Waals surface area contributed by atoms with Gasteiger partial charge in [-0.15, -0.1) is 0 Å². The fourth-order valence-corrected chi connectivity index (χ4v) is 3.57. The Morgan fingerprint density at radius 1 is 1.00 bits per heavy atom. The van der Waals surface area contributed by atoms with Crippen molar-refractivity contribution in [2.45, 2.75) is 25.7 Å². The minimum absolute atomic E-state index is 0.152. The fraction of sp³-hybridized carbons (Fsp3) is 0.273. The van der Waals surface area contributed by atoms with Crippen LogP contribution in [-0.4, -0.2) is 41.7 Å². The summed E-state index contributed by atoms with van der Waals surface area (Å²) in [6.07, 6.45) is 1.92. The predicted molar refractivity (Wildman–Crippen MR) is 119 cm³/mol. The molecule has 162 valence electrons. The molecule has 2 aromatic carbocycles. The van der Waals surface area contributed by atoms with Gasteiger partial charge in [-0.05, 0) is 59.1 Å². The van der Waals surface area contributed by atoms with Crippen LogP contribution in [0.1, 0.15) is 46.4 Å². The topological polar surface area (TPSA) is 92.8 Å². The molecule has 0 bridgehead atoms. The molecule has 0 radical (unpaired) electrons. The molecule has 0 atom stereocenters. The number of hydrogen-bond acceptors (Lipinski definition) is 5. The summed E-state index contributed by atoms with van der Waals surface area (Å²) in [4.78, 5) is 49.5. The van der Waals surface area contributed by atoms with Crippen LogP contribution in [0.5, 0.6) is 0 Å². The second-order valence-electron chi connectivity index (χ2n) is 6.96. The zero-order valence-electron chi connectivity index (χ0n) is 16.5. The number of carbonyl (C=O) groups excluding carboxylic acids is 4. The first kappa shape index (κ1) is 23.0. The third-order valence-electron chi connectivity index (χ3n) is 4.71. The van der Waals surface area contributed by atoms with Gasteiger partial charge in [0.15, 0.2) is 6.61 Å². The van der Waals surface area contributed by atoms with Gasteiger partial charge < -0.3 is 10.1 Å². The van der Waals surface area contributed by atoms with Crippen LogP contribution in [0.15, 0.2) is 46.9 Å². The molecule has 0 spiro atoms. The molecule has 9 heteroatoms. The van der Waals surface area contributed by atoms with E-state index in [-0.39, 0.29) is 24.8 Å². The lowest BCUT2D eigenvalue weighted by molar-refractivity contribution is -0.147. The zero-order chi connectivity index (χ0) is 22.4. The van der Waals surface area contributed by atoms with Crippen LogP contribution in [0.25, 0.3) is 0 Å². The lowest BCUT2D eigenvalue weighted by atomic mass is 10.1. The number of carbonyl (C=O) groups is 4. The predicted octanol–water partition coefficient (Wildman–Crippen LogP) is 4.44. The Balaban J connectivity index is 1.31. The monoisotopic (exact) mass is 506 g/mol. The molecule has 1 N–H and O–H groups in total. The Labute approximate surface area is 192 Å². The molecule has 0 aromatic heterocycles. The minimum Gasteiger partial charge on any atom is -0.456 e. The first-order valence-corrected chi connectivity index (χ1v) is 10.9. The fourth-order valence-electron chi connectivity index (χ4n) is 3.15. The van der Waals surface area contributed by atoms with Crippen molar-refractivity contribution in [2.75, 3.05) is 18.5 Å². The van der Waals surface area contributed by atoms with Crippen LogP contribution in [-0.2, 0) is 14.3 Å². The maximum Gasteiger partial charge on any atom is 0.306 e. The summed E-state index contributed by atoms with van der Waals surface area (Å²) >= 11 is 9.23. The average molecular weight is 508 g/mol. The van der Waals surface area contributed by atoms with Gasteiger partial charge in [0.2, 0.25) is 0 Å². The van der Waals surface area contributed by atoms with Gasteiger partial charge in [0, 0.05) is 23.1 Å². The van der Waals surface area contributed by atoms with E-state index in [1.807, 2.05) is 0 Å². The molecule has 0 fully saturated rings. The van der Waals surface area contributed by atoms with Gasteiger partial charge in [0.05, 0.1) is 16.1 Å². The van der Waals surface area contributed by atoms with Crippen LogP contribution in [0, 0.1) is 0 Å². The third-order valence-corrected chi connectivity index (χ3v) is 5.94. The second kappa shape index (κ2) is 10.5. The van der Waals surface area contributed by atoms with Crippen molar-refractivity contribution in [3.05, 3.63) is 63.1 Å². The lowest BCUT2D eigenvalue weighted by Gasteiger charge is -2.13. The Kier molecular flexibility index (Phi) is 7.81. The molecule has 31 heavy (non-hydrogen) atoms. The number of halogens is 2. The number of benzene rings is 2. The van der Waals surface area contributed by atoms with Gasteiger partial charge in [0.1, 0.15) is 0 Å². The lowest BCUT2D eigenvalue weighted by Crippen LogP contribution is -2.30. The molecule has 7 nitrogen and oxygen atoms in total. The number of rotatable bonds is 9. The summed E-state index contributed by atoms with van der Waals surface area (Å²) in [6, 6.07) is 11.7. The number of ether oxygens (including phenoxy) is 1. The van der Waals surface area contributed by atoms with E-state index in [4.69, 9.17) is 16.3 Å². The number of anilines is 1. The molecule has 0 aliphatic carbocycles. The van der Waals surface area contributed by atoms with Crippen molar-refractivity contribution in [1.29, 1.82) is 0 Å². The van der Waals surface area contributed by atoms with Gasteiger partial charge in [-0.1, -0.05) is 30.2 Å². The van der Waals surface area contributed by atoms with Crippen LogP contribution < -0.4 is 5.32 Å². The second-order valence-corrected chi connectivity index (χ2v) is 8.22. The van der Waals surface area contributed by atoms with E-state index in [0.29, 0.717) is 52.1 Å². The molecule has 1 heterocycles. The van der Waals surface area contributed by atoms with Crippen LogP contribution >= 0.6 is 27.5 Å². The first-order chi connectivity index (χ1) is 14.9. The number of imide groups is 1. The van der Waals surface area contributed by atoms with Crippen LogP contribution in [0.2, 0.25) is 5.02 Å². The molecule has 1 aliphatic rings. The zero-order valence-corrected chi connectivity index (χ0v) is 18.9. The van der Waals surface area contributed by atoms with E-state index >= 15 is 0 Å². The summed E-state index contributed by atoms with van der Waals surface area (Å²) in [5.41, 5.74) is 1.36. The summed E-state index contributed by atoms with van der Waals surface area (Å²) in [7, 11) is 0. The summed E-state index contributed by atoms with van der Waals surface area (Å²) in [6.45, 7) is -0.0822. The van der Waals surface area contributed by atoms with Gasteiger partial charge in [-0.25, -0.2) is 0 Å². The molecule has 1 aliphatic heterocycles. The van der Waals surface area contributed by atoms with E-state index in [1.54, 1.807) is 42.5 Å². The van der Waals surface area contributed by atoms with Gasteiger partial charge in [-0.2, -0.15) is 0 Å². The van der Waals surface area contributed by atoms with E-state index in [9.17, 15) is 19.2 Å². The number of unbranched alkanes of at least 4 members (excludes halogenated alkanes) is 2. The van der Waals surface area contributed by atoms with E-state index in [2.05, 4.69) is 21.2 Å². The Morgan fingerprint density at radius 2 is 1.68 bits per heavy atom. The van der Waals surface area contributed by atoms with E-state index in [0.717, 1.165) is 0 Å². The number of fused-ring (bicyclic) bond motifs is 1. The molecule has 0 saturated carbocycles. The quantitative estimate of drug-likeness (QED) is 0.308. The standard InChI is InChI=1S/C22H20BrClN2O5/c23-17-10-9-14(12-18(17)24)25-19(27)13-31-20(28)8-2-1-5-11-26-21(29)15-6-3-4-7-16(15)22(26)30/h3-4,6-7,9-10,12H,1-2,5,8,11,13H2,(H,25,27). The van der Waals surface area contributed by atoms with Crippen molar-refractivity contribution < 1.29 is 23.9 Å². The number of amides is 3. The number of esters is 1. The van der Waals surface area contributed by atoms with Crippen molar-refractivity contribution >= 4 is 56.9 Å². The Morgan fingerprint density at radius 3 is 2.32 bits per heavy atom. The minimum atomic E-state index is -0.482. The van der Waals surface area contributed by atoms with Crippen LogP contribution in [0.4, 0.5) is 5.69 Å². The summed E-state index contributed by atoms with van der Waals surface area (Å²) in [5.74, 6) is -1.50. The molecule has 0 unspecified atom stereocenters. The maximum atomic E-state index is 12.3. The average Bonchev–Trinajstić information content (AvgIpc) is 2.99. The smallest absolute Gasteiger partial charge is 0.306 e. The molecule has 3 rings (SSSR count). The maximum absolute atomic E-state index is 12.3. The van der Waals surface area contributed by atoms with Crippen molar-refractivity contribution in [2.24, 2.45) is 0 Å². The van der Waals surface area contributed by atoms with Crippen LogP contribution in [0.3, 0.4) is 0 Å². The normalized spacial score (nSPS) is 12.6. The molecular weight excluding hydrogens is 488 g/mol. The highest BCUT2D eigenvalue weighted by atomic mass is 79.9. The van der Waals surface area contributed by atoms with Crippen molar-refractivity contribution in [3.63, 3.8) is 0 Å². The van der Waals surface area contributed by atoms with E-state index < -0.39 is 11.9 Å².